The minimum Gasteiger partial charge on any atom is -0.296 e. The number of para-hydroxylation sites is 1. The molecule has 138 valence electrons. The van der Waals surface area contributed by atoms with Crippen LogP contribution in [0.15, 0.2) is 58.9 Å². The van der Waals surface area contributed by atoms with Crippen molar-refractivity contribution >= 4 is 39.8 Å². The number of nitro benzene ring substituents is 1. The molecule has 0 aliphatic rings. The van der Waals surface area contributed by atoms with Crippen LogP contribution >= 0.6 is 23.1 Å². The number of rotatable bonds is 8. The first kappa shape index (κ1) is 19.0. The SMILES string of the molecule is O=C(Nc1nnc(SCCCc2ccccc2)s1)c1ccccc1[N+](=O)[O-]. The zero-order chi connectivity index (χ0) is 19.1. The number of hydrogen-bond donors (Lipinski definition) is 1. The fourth-order valence-corrected chi connectivity index (χ4v) is 4.15. The number of nitro groups is 1. The Labute approximate surface area is 164 Å². The number of carbonyl (C=O) groups is 1. The van der Waals surface area contributed by atoms with Crippen LogP contribution in [0, 0.1) is 10.1 Å². The van der Waals surface area contributed by atoms with Gasteiger partial charge in [-0.1, -0.05) is 65.6 Å². The van der Waals surface area contributed by atoms with Crippen LogP contribution in [-0.2, 0) is 6.42 Å². The first-order valence-corrected chi connectivity index (χ1v) is 9.98. The smallest absolute Gasteiger partial charge is 0.282 e. The van der Waals surface area contributed by atoms with Crippen LogP contribution in [0.25, 0.3) is 0 Å². The molecule has 3 aromatic rings. The van der Waals surface area contributed by atoms with Gasteiger partial charge in [-0.2, -0.15) is 0 Å². The minimum absolute atomic E-state index is 0.00485. The first-order valence-electron chi connectivity index (χ1n) is 8.18. The third kappa shape index (κ3) is 5.35. The van der Waals surface area contributed by atoms with Crippen LogP contribution in [0.2, 0.25) is 0 Å². The zero-order valence-corrected chi connectivity index (χ0v) is 15.8. The van der Waals surface area contributed by atoms with Gasteiger partial charge in [0.25, 0.3) is 11.6 Å². The molecular formula is C18H16N4O3S2. The molecule has 0 saturated carbocycles. The summed E-state index contributed by atoms with van der Waals surface area (Å²) in [5.74, 6) is 0.320. The molecule has 7 nitrogen and oxygen atoms in total. The van der Waals surface area contributed by atoms with Crippen molar-refractivity contribution in [2.24, 2.45) is 0 Å². The van der Waals surface area contributed by atoms with Gasteiger partial charge in [-0.3, -0.25) is 20.2 Å². The van der Waals surface area contributed by atoms with Gasteiger partial charge >= 0.3 is 0 Å². The van der Waals surface area contributed by atoms with Gasteiger partial charge in [-0.05, 0) is 24.5 Å². The standard InChI is InChI=1S/C18H16N4O3S2/c23-16(14-10-4-5-11-15(14)22(24)25)19-17-20-21-18(27-17)26-12-6-9-13-7-2-1-3-8-13/h1-5,7-8,10-11H,6,9,12H2,(H,19,20,23). The number of hydrogen-bond acceptors (Lipinski definition) is 7. The molecule has 0 aliphatic heterocycles. The van der Waals surface area contributed by atoms with E-state index in [0.29, 0.717) is 5.13 Å². The Morgan fingerprint density at radius 3 is 2.63 bits per heavy atom. The van der Waals surface area contributed by atoms with Crippen LogP contribution in [0.5, 0.6) is 0 Å². The Bertz CT molecular complexity index is 931. The monoisotopic (exact) mass is 400 g/mol. The second kappa shape index (κ2) is 9.24. The van der Waals surface area contributed by atoms with E-state index < -0.39 is 10.8 Å². The van der Waals surface area contributed by atoms with Crippen molar-refractivity contribution in [1.29, 1.82) is 0 Å². The Hall–Kier alpha value is -2.78. The fourth-order valence-electron chi connectivity index (χ4n) is 2.39. The number of aryl methyl sites for hydroxylation is 1. The first-order chi connectivity index (χ1) is 13.1. The summed E-state index contributed by atoms with van der Waals surface area (Å²) in [5, 5.41) is 21.9. The van der Waals surface area contributed by atoms with Crippen molar-refractivity contribution in [3.63, 3.8) is 0 Å². The summed E-state index contributed by atoms with van der Waals surface area (Å²) in [6, 6.07) is 16.1. The molecular weight excluding hydrogens is 384 g/mol. The Morgan fingerprint density at radius 1 is 1.11 bits per heavy atom. The summed E-state index contributed by atoms with van der Waals surface area (Å²) in [6.45, 7) is 0. The van der Waals surface area contributed by atoms with Crippen molar-refractivity contribution in [2.75, 3.05) is 11.1 Å². The molecule has 0 radical (unpaired) electrons. The zero-order valence-electron chi connectivity index (χ0n) is 14.2. The van der Waals surface area contributed by atoms with Crippen molar-refractivity contribution < 1.29 is 9.72 Å². The second-order valence-electron chi connectivity index (χ2n) is 5.54. The maximum atomic E-state index is 12.3. The summed E-state index contributed by atoms with van der Waals surface area (Å²) in [5.41, 5.74) is 1.05. The maximum absolute atomic E-state index is 12.3. The number of amides is 1. The van der Waals surface area contributed by atoms with Crippen LogP contribution in [0.4, 0.5) is 10.8 Å². The molecule has 0 fully saturated rings. The van der Waals surface area contributed by atoms with E-state index in [0.717, 1.165) is 22.9 Å². The summed E-state index contributed by atoms with van der Waals surface area (Å²) in [7, 11) is 0. The van der Waals surface area contributed by atoms with E-state index in [2.05, 4.69) is 27.6 Å². The number of aromatic nitrogens is 2. The highest BCUT2D eigenvalue weighted by Crippen LogP contribution is 2.27. The van der Waals surface area contributed by atoms with Gasteiger partial charge in [0.2, 0.25) is 5.13 Å². The lowest BCUT2D eigenvalue weighted by molar-refractivity contribution is -0.385. The van der Waals surface area contributed by atoms with E-state index in [1.54, 1.807) is 17.8 Å². The van der Waals surface area contributed by atoms with Crippen LogP contribution in [0.3, 0.4) is 0 Å². The van der Waals surface area contributed by atoms with Gasteiger partial charge in [0.05, 0.1) is 4.92 Å². The molecule has 0 spiro atoms. The second-order valence-corrected chi connectivity index (χ2v) is 7.86. The Morgan fingerprint density at radius 2 is 1.85 bits per heavy atom. The molecule has 9 heteroatoms. The number of thioether (sulfide) groups is 1. The average molecular weight is 400 g/mol. The average Bonchev–Trinajstić information content (AvgIpc) is 3.13. The lowest BCUT2D eigenvalue weighted by Crippen LogP contribution is -2.13. The molecule has 1 heterocycles. The highest BCUT2D eigenvalue weighted by molar-refractivity contribution is 8.01. The Kier molecular flexibility index (Phi) is 6.50. The normalized spacial score (nSPS) is 10.5. The third-order valence-electron chi connectivity index (χ3n) is 3.65. The summed E-state index contributed by atoms with van der Waals surface area (Å²) < 4.78 is 0.751. The molecule has 0 atom stereocenters. The van der Waals surface area contributed by atoms with E-state index in [1.165, 1.54) is 35.1 Å². The molecule has 1 aromatic heterocycles. The number of benzene rings is 2. The van der Waals surface area contributed by atoms with Crippen LogP contribution in [-0.4, -0.2) is 26.8 Å². The molecule has 0 aliphatic carbocycles. The van der Waals surface area contributed by atoms with Crippen molar-refractivity contribution in [1.82, 2.24) is 10.2 Å². The van der Waals surface area contributed by atoms with Gasteiger partial charge in [-0.15, -0.1) is 10.2 Å². The largest absolute Gasteiger partial charge is 0.296 e. The van der Waals surface area contributed by atoms with Crippen LogP contribution in [0.1, 0.15) is 22.3 Å². The Balaban J connectivity index is 1.52. The molecule has 2 aromatic carbocycles. The van der Waals surface area contributed by atoms with Gasteiger partial charge < -0.3 is 0 Å². The topological polar surface area (TPSA) is 98.0 Å². The third-order valence-corrected chi connectivity index (χ3v) is 5.71. The number of nitrogens with zero attached hydrogens (tertiary/aromatic N) is 3. The molecule has 27 heavy (non-hydrogen) atoms. The van der Waals surface area contributed by atoms with Crippen LogP contribution < -0.4 is 5.32 Å². The van der Waals surface area contributed by atoms with Gasteiger partial charge in [0.1, 0.15) is 5.56 Å². The fraction of sp³-hybridized carbons (Fsp3) is 0.167. The maximum Gasteiger partial charge on any atom is 0.282 e. The van der Waals surface area contributed by atoms with E-state index >= 15 is 0 Å². The van der Waals surface area contributed by atoms with Gasteiger partial charge in [0, 0.05) is 11.8 Å². The van der Waals surface area contributed by atoms with E-state index in [1.807, 2.05) is 18.2 Å². The lowest BCUT2D eigenvalue weighted by atomic mass is 10.1. The van der Waals surface area contributed by atoms with Gasteiger partial charge in [0.15, 0.2) is 4.34 Å². The van der Waals surface area contributed by atoms with Crippen molar-refractivity contribution in [3.05, 3.63) is 75.8 Å². The van der Waals surface area contributed by atoms with E-state index in [-0.39, 0.29) is 11.3 Å². The highest BCUT2D eigenvalue weighted by Gasteiger charge is 2.20. The van der Waals surface area contributed by atoms with Crippen molar-refractivity contribution in [3.8, 4) is 0 Å². The summed E-state index contributed by atoms with van der Waals surface area (Å²) in [6.07, 6.45) is 2.00. The van der Waals surface area contributed by atoms with Gasteiger partial charge in [-0.25, -0.2) is 0 Å². The lowest BCUT2D eigenvalue weighted by Gasteiger charge is -2.02. The predicted molar refractivity (Wildman–Crippen MR) is 106 cm³/mol. The van der Waals surface area contributed by atoms with E-state index in [4.69, 9.17) is 0 Å². The quantitative estimate of drug-likeness (QED) is 0.198. The van der Waals surface area contributed by atoms with Crippen molar-refractivity contribution in [2.45, 2.75) is 17.2 Å². The highest BCUT2D eigenvalue weighted by atomic mass is 32.2. The molecule has 0 saturated heterocycles. The summed E-state index contributed by atoms with van der Waals surface area (Å²) >= 11 is 2.83. The van der Waals surface area contributed by atoms with E-state index in [9.17, 15) is 14.9 Å². The summed E-state index contributed by atoms with van der Waals surface area (Å²) in [4.78, 5) is 22.7. The number of nitrogens with one attached hydrogen (secondary N) is 1. The minimum atomic E-state index is -0.580. The molecule has 1 amide bonds. The number of anilines is 1. The predicted octanol–water partition coefficient (Wildman–Crippen LogP) is 4.42. The number of carbonyl (C=O) groups excluding carboxylic acids is 1. The molecule has 0 bridgehead atoms. The molecule has 3 rings (SSSR count). The molecule has 0 unspecified atom stereocenters. The molecule has 1 N–H and O–H groups in total.